The van der Waals surface area contributed by atoms with Crippen molar-refractivity contribution in [3.63, 3.8) is 0 Å². The van der Waals surface area contributed by atoms with E-state index in [1.165, 1.54) is 18.7 Å². The summed E-state index contributed by atoms with van der Waals surface area (Å²) in [5.41, 5.74) is 1.94. The Bertz CT molecular complexity index is 773. The molecule has 1 N–H and O–H groups in total. The Hall–Kier alpha value is -1.91. The first-order valence-electron chi connectivity index (χ1n) is 6.78. The molecule has 0 unspecified atom stereocenters. The maximum Gasteiger partial charge on any atom is 0.155 e. The highest BCUT2D eigenvalue weighted by Crippen LogP contribution is 2.47. The van der Waals surface area contributed by atoms with Gasteiger partial charge in [-0.25, -0.2) is 0 Å². The quantitative estimate of drug-likeness (QED) is 0.835. The Morgan fingerprint density at radius 2 is 2.14 bits per heavy atom. The summed E-state index contributed by atoms with van der Waals surface area (Å²) in [4.78, 5) is 14.5. The standard InChI is InChI=1S/C17H14ClNO2S/c1-11(20)7-17-19(10-12-3-2-4-13(18)8-12)15-9-14(21)5-6-16(15)22-17/h2-9,21H,10H2,1H3. The number of fused-ring (bicyclic) bond motifs is 1. The summed E-state index contributed by atoms with van der Waals surface area (Å²) in [7, 11) is 0. The highest BCUT2D eigenvalue weighted by atomic mass is 35.5. The van der Waals surface area contributed by atoms with Crippen molar-refractivity contribution in [1.29, 1.82) is 0 Å². The van der Waals surface area contributed by atoms with E-state index in [1.807, 2.05) is 35.2 Å². The molecule has 0 radical (unpaired) electrons. The molecule has 0 atom stereocenters. The minimum absolute atomic E-state index is 0.00405. The summed E-state index contributed by atoms with van der Waals surface area (Å²) in [6.07, 6.45) is 1.62. The molecule has 112 valence electrons. The van der Waals surface area contributed by atoms with Gasteiger partial charge in [0.1, 0.15) is 5.75 Å². The third-order valence-electron chi connectivity index (χ3n) is 3.27. The Balaban J connectivity index is 2.01. The number of ketones is 1. The van der Waals surface area contributed by atoms with Crippen molar-refractivity contribution in [2.24, 2.45) is 0 Å². The van der Waals surface area contributed by atoms with Crippen LogP contribution in [0.4, 0.5) is 5.69 Å². The number of phenolic OH excluding ortho intramolecular Hbond substituents is 1. The number of halogens is 1. The van der Waals surface area contributed by atoms with Gasteiger partial charge >= 0.3 is 0 Å². The van der Waals surface area contributed by atoms with Gasteiger partial charge < -0.3 is 10.0 Å². The van der Waals surface area contributed by atoms with Crippen LogP contribution in [0, 0.1) is 0 Å². The van der Waals surface area contributed by atoms with E-state index in [9.17, 15) is 9.90 Å². The molecule has 5 heteroatoms. The fourth-order valence-electron chi connectivity index (χ4n) is 2.35. The van der Waals surface area contributed by atoms with E-state index in [0.29, 0.717) is 11.6 Å². The first-order chi connectivity index (χ1) is 10.5. The molecule has 2 aromatic carbocycles. The van der Waals surface area contributed by atoms with Gasteiger partial charge in [0.2, 0.25) is 0 Å². The van der Waals surface area contributed by atoms with Crippen LogP contribution in [0.25, 0.3) is 0 Å². The van der Waals surface area contributed by atoms with E-state index in [-0.39, 0.29) is 11.5 Å². The van der Waals surface area contributed by atoms with Crippen LogP contribution in [-0.2, 0) is 11.3 Å². The molecule has 1 aliphatic rings. The SMILES string of the molecule is CC(=O)C=C1Sc2ccc(O)cc2N1Cc1cccc(Cl)c1. The van der Waals surface area contributed by atoms with Crippen LogP contribution < -0.4 is 4.90 Å². The number of benzene rings is 2. The maximum absolute atomic E-state index is 11.5. The minimum Gasteiger partial charge on any atom is -0.508 e. The van der Waals surface area contributed by atoms with Crippen molar-refractivity contribution < 1.29 is 9.90 Å². The average molecular weight is 332 g/mol. The summed E-state index contributed by atoms with van der Waals surface area (Å²) >= 11 is 7.57. The highest BCUT2D eigenvalue weighted by Gasteiger charge is 2.26. The van der Waals surface area contributed by atoms with Gasteiger partial charge in [0.05, 0.1) is 10.7 Å². The molecule has 0 saturated heterocycles. The van der Waals surface area contributed by atoms with Crippen molar-refractivity contribution in [3.8, 4) is 5.75 Å². The molecule has 0 amide bonds. The van der Waals surface area contributed by atoms with E-state index in [4.69, 9.17) is 11.6 Å². The lowest BCUT2D eigenvalue weighted by Gasteiger charge is -2.20. The van der Waals surface area contributed by atoms with E-state index in [0.717, 1.165) is 21.2 Å². The Kier molecular flexibility index (Phi) is 4.14. The van der Waals surface area contributed by atoms with Crippen LogP contribution >= 0.6 is 23.4 Å². The van der Waals surface area contributed by atoms with Gasteiger partial charge in [-0.2, -0.15) is 0 Å². The van der Waals surface area contributed by atoms with Crippen LogP contribution in [-0.4, -0.2) is 10.9 Å². The fourth-order valence-corrected chi connectivity index (χ4v) is 3.70. The maximum atomic E-state index is 11.5. The number of carbonyl (C=O) groups is 1. The smallest absolute Gasteiger partial charge is 0.155 e. The molecule has 3 nitrogen and oxygen atoms in total. The third-order valence-corrected chi connectivity index (χ3v) is 4.62. The molecule has 0 spiro atoms. The number of phenols is 1. The number of thioether (sulfide) groups is 1. The van der Waals surface area contributed by atoms with Crippen molar-refractivity contribution >= 4 is 34.8 Å². The predicted molar refractivity (Wildman–Crippen MR) is 90.4 cm³/mol. The molecule has 22 heavy (non-hydrogen) atoms. The second-order valence-corrected chi connectivity index (χ2v) is 6.56. The number of allylic oxidation sites excluding steroid dienone is 1. The molecule has 1 heterocycles. The zero-order valence-electron chi connectivity index (χ0n) is 11.9. The summed E-state index contributed by atoms with van der Waals surface area (Å²) in [6.45, 7) is 2.12. The third kappa shape index (κ3) is 3.13. The number of rotatable bonds is 3. The Morgan fingerprint density at radius 3 is 2.86 bits per heavy atom. The lowest BCUT2D eigenvalue weighted by molar-refractivity contribution is -0.112. The van der Waals surface area contributed by atoms with Crippen molar-refractivity contribution in [2.45, 2.75) is 18.4 Å². The lowest BCUT2D eigenvalue weighted by atomic mass is 10.2. The number of anilines is 1. The van der Waals surface area contributed by atoms with Gasteiger partial charge in [0.25, 0.3) is 0 Å². The van der Waals surface area contributed by atoms with E-state index < -0.39 is 0 Å². The molecule has 1 aliphatic heterocycles. The van der Waals surface area contributed by atoms with Gasteiger partial charge in [-0.05, 0) is 36.8 Å². The van der Waals surface area contributed by atoms with Gasteiger partial charge in [-0.1, -0.05) is 35.5 Å². The largest absolute Gasteiger partial charge is 0.508 e. The summed E-state index contributed by atoms with van der Waals surface area (Å²) in [5.74, 6) is 0.204. The highest BCUT2D eigenvalue weighted by molar-refractivity contribution is 8.03. The van der Waals surface area contributed by atoms with Gasteiger partial charge in [0, 0.05) is 28.6 Å². The van der Waals surface area contributed by atoms with Crippen LogP contribution in [0.2, 0.25) is 5.02 Å². The van der Waals surface area contributed by atoms with Crippen molar-refractivity contribution in [2.75, 3.05) is 4.90 Å². The summed E-state index contributed by atoms with van der Waals surface area (Å²) in [5, 5.41) is 11.3. The summed E-state index contributed by atoms with van der Waals surface area (Å²) in [6, 6.07) is 12.9. The van der Waals surface area contributed by atoms with Crippen molar-refractivity contribution in [3.05, 3.63) is 64.2 Å². The molecular formula is C17H14ClNO2S. The van der Waals surface area contributed by atoms with Crippen LogP contribution in [0.15, 0.2) is 58.5 Å². The Labute approximate surface area is 138 Å². The fraction of sp³-hybridized carbons (Fsp3) is 0.118. The molecule has 0 saturated carbocycles. The van der Waals surface area contributed by atoms with Crippen LogP contribution in [0.5, 0.6) is 5.75 Å². The average Bonchev–Trinajstić information content (AvgIpc) is 2.76. The van der Waals surface area contributed by atoms with Crippen LogP contribution in [0.1, 0.15) is 12.5 Å². The van der Waals surface area contributed by atoms with Gasteiger partial charge in [-0.15, -0.1) is 0 Å². The topological polar surface area (TPSA) is 40.5 Å². The molecule has 0 aromatic heterocycles. The van der Waals surface area contributed by atoms with Crippen molar-refractivity contribution in [1.82, 2.24) is 0 Å². The number of hydrogen-bond donors (Lipinski definition) is 1. The first-order valence-corrected chi connectivity index (χ1v) is 7.97. The van der Waals surface area contributed by atoms with Gasteiger partial charge in [-0.3, -0.25) is 4.79 Å². The minimum atomic E-state index is -0.00405. The molecule has 0 fully saturated rings. The zero-order valence-corrected chi connectivity index (χ0v) is 13.5. The lowest BCUT2D eigenvalue weighted by Crippen LogP contribution is -2.17. The number of aromatic hydroxyl groups is 1. The zero-order chi connectivity index (χ0) is 15.7. The monoisotopic (exact) mass is 331 g/mol. The second kappa shape index (κ2) is 6.07. The molecule has 2 aromatic rings. The van der Waals surface area contributed by atoms with E-state index in [1.54, 1.807) is 18.2 Å². The summed E-state index contributed by atoms with van der Waals surface area (Å²) < 4.78 is 0. The molecule has 0 bridgehead atoms. The second-order valence-electron chi connectivity index (χ2n) is 5.06. The first kappa shape index (κ1) is 15.0. The van der Waals surface area contributed by atoms with Crippen LogP contribution in [0.3, 0.4) is 0 Å². The normalized spacial score (nSPS) is 15.2. The predicted octanol–water partition coefficient (Wildman–Crippen LogP) is 4.59. The van der Waals surface area contributed by atoms with E-state index >= 15 is 0 Å². The van der Waals surface area contributed by atoms with E-state index in [2.05, 4.69) is 0 Å². The number of hydrogen-bond acceptors (Lipinski definition) is 4. The molecule has 0 aliphatic carbocycles. The molecular weight excluding hydrogens is 318 g/mol. The Morgan fingerprint density at radius 1 is 1.32 bits per heavy atom. The number of carbonyl (C=O) groups excluding carboxylic acids is 1. The van der Waals surface area contributed by atoms with Gasteiger partial charge in [0.15, 0.2) is 5.78 Å². The molecule has 3 rings (SSSR count). The number of nitrogens with zero attached hydrogens (tertiary/aromatic N) is 1.